The van der Waals surface area contributed by atoms with Crippen LogP contribution in [0.5, 0.6) is 5.75 Å². The molecule has 0 aromatic heterocycles. The lowest BCUT2D eigenvalue weighted by atomic mass is 9.63. The van der Waals surface area contributed by atoms with Gasteiger partial charge in [0.15, 0.2) is 0 Å². The van der Waals surface area contributed by atoms with Gasteiger partial charge in [0.25, 0.3) is 5.91 Å². The smallest absolute Gasteiger partial charge is 0.264 e. The zero-order chi connectivity index (χ0) is 29.0. The molecule has 41 heavy (non-hydrogen) atoms. The summed E-state index contributed by atoms with van der Waals surface area (Å²) < 4.78 is 34.1. The van der Waals surface area contributed by atoms with Crippen LogP contribution in [0.25, 0.3) is 0 Å². The van der Waals surface area contributed by atoms with Gasteiger partial charge >= 0.3 is 0 Å². The highest BCUT2D eigenvalue weighted by Gasteiger charge is 2.46. The first kappa shape index (κ1) is 29.8. The number of anilines is 1. The molecule has 220 valence electrons. The average molecular weight is 599 g/mol. The minimum atomic E-state index is -3.80. The van der Waals surface area contributed by atoms with Gasteiger partial charge in [0.2, 0.25) is 10.0 Å². The van der Waals surface area contributed by atoms with Crippen LogP contribution in [0.15, 0.2) is 36.4 Å². The number of aryl methyl sites for hydroxylation is 1. The monoisotopic (exact) mass is 598 g/mol. The maximum atomic E-state index is 13.1. The number of benzene rings is 2. The Labute approximate surface area is 248 Å². The van der Waals surface area contributed by atoms with Crippen LogP contribution < -0.4 is 14.4 Å². The number of sulfonamides is 1. The largest absolute Gasteiger partial charge is 0.487 e. The average Bonchev–Trinajstić information content (AvgIpc) is 2.93. The molecule has 3 atom stereocenters. The van der Waals surface area contributed by atoms with Gasteiger partial charge in [0.1, 0.15) is 18.0 Å². The quantitative estimate of drug-likeness (QED) is 0.390. The third-order valence-electron chi connectivity index (χ3n) is 8.78. The van der Waals surface area contributed by atoms with Crippen LogP contribution in [0, 0.1) is 23.7 Å². The van der Waals surface area contributed by atoms with E-state index in [2.05, 4.69) is 21.5 Å². The molecule has 0 unspecified atom stereocenters. The van der Waals surface area contributed by atoms with Crippen LogP contribution in [0.2, 0.25) is 5.02 Å². The first-order valence-corrected chi connectivity index (χ1v) is 16.7. The van der Waals surface area contributed by atoms with Crippen molar-refractivity contribution in [2.24, 2.45) is 11.8 Å². The predicted octanol–water partition coefficient (Wildman–Crippen LogP) is 5.48. The van der Waals surface area contributed by atoms with Crippen molar-refractivity contribution in [3.8, 4) is 17.6 Å². The summed E-state index contributed by atoms with van der Waals surface area (Å²) >= 11 is 6.30. The van der Waals surface area contributed by atoms with Gasteiger partial charge in [-0.3, -0.25) is 4.79 Å². The van der Waals surface area contributed by atoms with Gasteiger partial charge in [0, 0.05) is 29.6 Å². The number of nitrogens with zero attached hydrogens (tertiary/aromatic N) is 1. The van der Waals surface area contributed by atoms with Crippen molar-refractivity contribution in [2.75, 3.05) is 23.7 Å². The molecule has 3 aliphatic rings. The van der Waals surface area contributed by atoms with Crippen molar-refractivity contribution < 1.29 is 23.1 Å². The lowest BCUT2D eigenvalue weighted by molar-refractivity contribution is -0.0442. The molecule has 2 bridgehead atoms. The van der Waals surface area contributed by atoms with E-state index < -0.39 is 21.5 Å². The Hall–Kier alpha value is -2.73. The summed E-state index contributed by atoms with van der Waals surface area (Å²) in [4.78, 5) is 15.4. The number of rotatable bonds is 0. The summed E-state index contributed by atoms with van der Waals surface area (Å²) in [6.07, 6.45) is 6.86. The van der Waals surface area contributed by atoms with E-state index in [0.29, 0.717) is 49.6 Å². The molecule has 1 aliphatic carbocycles. The third-order valence-corrected chi connectivity index (χ3v) is 10.3. The number of fused-ring (bicyclic) bond motifs is 3. The maximum absolute atomic E-state index is 13.1. The fraction of sp³-hybridized carbons (Fsp3) is 0.531. The van der Waals surface area contributed by atoms with Crippen LogP contribution in [-0.4, -0.2) is 43.9 Å². The second-order valence-electron chi connectivity index (χ2n) is 11.6. The van der Waals surface area contributed by atoms with E-state index in [-0.39, 0.29) is 23.2 Å². The second-order valence-corrected chi connectivity index (χ2v) is 13.9. The molecule has 0 spiro atoms. The van der Waals surface area contributed by atoms with Crippen LogP contribution in [-0.2, 0) is 23.1 Å². The van der Waals surface area contributed by atoms with Crippen LogP contribution >= 0.6 is 11.6 Å². The Bertz CT molecular complexity index is 1450. The Balaban J connectivity index is 1.54. The van der Waals surface area contributed by atoms with E-state index >= 15 is 0 Å². The molecule has 1 fully saturated rings. The normalized spacial score (nSPS) is 26.8. The highest BCUT2D eigenvalue weighted by molar-refractivity contribution is 7.90. The molecule has 0 radical (unpaired) electrons. The van der Waals surface area contributed by atoms with Crippen molar-refractivity contribution in [2.45, 2.75) is 76.9 Å². The SMILES string of the molecule is CC#C[C@]1(O)CCCCCS(=O)(=O)NC(=O)c2ccc3c(c2)N(CCCCc2cc(Cl)ccc2CO3)C[C@@H]2CC[C@H]21. The van der Waals surface area contributed by atoms with Gasteiger partial charge in [-0.1, -0.05) is 30.0 Å². The number of carbonyl (C=O) groups is 1. The number of amides is 1. The number of hydrogen-bond acceptors (Lipinski definition) is 6. The highest BCUT2D eigenvalue weighted by Crippen LogP contribution is 2.45. The fourth-order valence-corrected chi connectivity index (χ4v) is 7.73. The second kappa shape index (κ2) is 12.6. The summed E-state index contributed by atoms with van der Waals surface area (Å²) in [7, 11) is -3.80. The lowest BCUT2D eigenvalue weighted by Crippen LogP contribution is -2.50. The molecule has 1 amide bonds. The van der Waals surface area contributed by atoms with Gasteiger partial charge in [0.05, 0.1) is 11.4 Å². The zero-order valence-electron chi connectivity index (χ0n) is 23.6. The van der Waals surface area contributed by atoms with E-state index in [4.69, 9.17) is 16.3 Å². The van der Waals surface area contributed by atoms with Crippen molar-refractivity contribution >= 4 is 33.2 Å². The minimum absolute atomic E-state index is 0.0343. The van der Waals surface area contributed by atoms with Crippen LogP contribution in [0.3, 0.4) is 0 Å². The molecular weight excluding hydrogens is 560 g/mol. The summed E-state index contributed by atoms with van der Waals surface area (Å²) in [5.74, 6) is 6.19. The Morgan fingerprint density at radius 3 is 2.71 bits per heavy atom. The molecule has 2 N–H and O–H groups in total. The Morgan fingerprint density at radius 1 is 1.07 bits per heavy atom. The Kier molecular flexibility index (Phi) is 9.18. The summed E-state index contributed by atoms with van der Waals surface area (Å²) in [5.41, 5.74) is 2.17. The number of hydrogen-bond donors (Lipinski definition) is 2. The molecule has 5 rings (SSSR count). The molecule has 2 aliphatic heterocycles. The van der Waals surface area contributed by atoms with Crippen LogP contribution in [0.4, 0.5) is 5.69 Å². The first-order valence-electron chi connectivity index (χ1n) is 14.7. The first-order chi connectivity index (χ1) is 19.7. The van der Waals surface area contributed by atoms with Crippen molar-refractivity contribution in [3.05, 3.63) is 58.1 Å². The number of ether oxygens (including phenoxy) is 1. The van der Waals surface area contributed by atoms with Gasteiger partial charge in [-0.2, -0.15) is 0 Å². The minimum Gasteiger partial charge on any atom is -0.487 e. The number of halogens is 1. The molecule has 2 aromatic carbocycles. The van der Waals surface area contributed by atoms with Crippen molar-refractivity contribution in [1.82, 2.24) is 4.72 Å². The molecule has 7 nitrogen and oxygen atoms in total. The summed E-state index contributed by atoms with van der Waals surface area (Å²) in [6.45, 7) is 3.53. The fourth-order valence-electron chi connectivity index (χ4n) is 6.45. The van der Waals surface area contributed by atoms with Gasteiger partial charge < -0.3 is 14.7 Å². The molecular formula is C32H39ClN2O5S. The van der Waals surface area contributed by atoms with Gasteiger partial charge in [-0.15, -0.1) is 5.92 Å². The molecule has 2 heterocycles. The summed E-state index contributed by atoms with van der Waals surface area (Å²) in [6, 6.07) is 11.0. The van der Waals surface area contributed by atoms with Crippen LogP contribution in [0.1, 0.15) is 79.8 Å². The summed E-state index contributed by atoms with van der Waals surface area (Å²) in [5, 5.41) is 12.4. The number of nitrogens with one attached hydrogen (secondary N) is 1. The van der Waals surface area contributed by atoms with Crippen molar-refractivity contribution in [3.63, 3.8) is 0 Å². The highest BCUT2D eigenvalue weighted by atomic mass is 35.5. The predicted molar refractivity (Wildman–Crippen MR) is 162 cm³/mol. The molecule has 0 saturated heterocycles. The van der Waals surface area contributed by atoms with Gasteiger partial charge in [-0.05, 0) is 106 Å². The topological polar surface area (TPSA) is 95.9 Å². The van der Waals surface area contributed by atoms with Crippen molar-refractivity contribution in [1.29, 1.82) is 0 Å². The number of aliphatic hydroxyl groups is 1. The molecule has 9 heteroatoms. The maximum Gasteiger partial charge on any atom is 0.264 e. The molecule has 1 saturated carbocycles. The van der Waals surface area contributed by atoms with E-state index in [1.807, 2.05) is 18.2 Å². The van der Waals surface area contributed by atoms with Gasteiger partial charge in [-0.25, -0.2) is 13.1 Å². The molecule has 2 aromatic rings. The Morgan fingerprint density at radius 2 is 1.93 bits per heavy atom. The van der Waals surface area contributed by atoms with E-state index in [0.717, 1.165) is 49.9 Å². The van der Waals surface area contributed by atoms with E-state index in [1.165, 1.54) is 5.56 Å². The number of carbonyl (C=O) groups excluding carboxylic acids is 1. The zero-order valence-corrected chi connectivity index (χ0v) is 25.2. The third kappa shape index (κ3) is 7.02. The van der Waals surface area contributed by atoms with E-state index in [1.54, 1.807) is 25.1 Å². The van der Waals surface area contributed by atoms with E-state index in [9.17, 15) is 18.3 Å². The standard InChI is InChI=1S/C32H39ClN2O5S/c1-2-15-32(37)16-5-3-7-18-41(38,39)34-31(36)24-11-14-30-29(20-24)35(21-25-10-13-28(25)32)17-6-4-8-23-19-27(33)12-9-26(23)22-40-30/h9,11-12,14,19-20,25,28,37H,3-8,10,13,16-18,21-22H2,1H3,(H,34,36)/t25-,28+,32-/m0/s1. The lowest BCUT2D eigenvalue weighted by Gasteiger charge is -2.47.